The highest BCUT2D eigenvalue weighted by atomic mass is 35.5. The minimum absolute atomic E-state index is 0.300. The van der Waals surface area contributed by atoms with Crippen molar-refractivity contribution in [3.05, 3.63) is 70.3 Å². The van der Waals surface area contributed by atoms with Crippen LogP contribution in [0.1, 0.15) is 31.4 Å². The number of allylic oxidation sites excluding steroid dienone is 1. The van der Waals surface area contributed by atoms with Gasteiger partial charge in [-0.25, -0.2) is 4.79 Å². The van der Waals surface area contributed by atoms with Crippen LogP contribution >= 0.6 is 11.6 Å². The number of halogens is 1. The van der Waals surface area contributed by atoms with Crippen molar-refractivity contribution in [2.24, 2.45) is 5.41 Å². The fourth-order valence-electron chi connectivity index (χ4n) is 3.30. The van der Waals surface area contributed by atoms with Gasteiger partial charge in [0.2, 0.25) is 0 Å². The maximum atomic E-state index is 12.5. The van der Waals surface area contributed by atoms with Gasteiger partial charge in [-0.3, -0.25) is 0 Å². The van der Waals surface area contributed by atoms with Crippen LogP contribution in [0.5, 0.6) is 0 Å². The van der Waals surface area contributed by atoms with E-state index in [0.29, 0.717) is 22.0 Å². The Hall–Kier alpha value is -2.77. The van der Waals surface area contributed by atoms with Gasteiger partial charge in [-0.1, -0.05) is 49.7 Å². The Morgan fingerprint density at radius 2 is 1.88 bits per heavy atom. The van der Waals surface area contributed by atoms with E-state index in [0.717, 1.165) is 24.0 Å². The van der Waals surface area contributed by atoms with E-state index < -0.39 is 0 Å². The van der Waals surface area contributed by atoms with E-state index in [4.69, 9.17) is 11.6 Å². The van der Waals surface area contributed by atoms with Crippen LogP contribution in [0, 0.1) is 16.7 Å². The largest absolute Gasteiger partial charge is 0.323 e. The van der Waals surface area contributed by atoms with Gasteiger partial charge in [0.1, 0.15) is 0 Å². The van der Waals surface area contributed by atoms with Crippen LogP contribution in [-0.2, 0) is 6.42 Å². The molecule has 2 aromatic rings. The molecule has 0 bridgehead atoms. The molecule has 3 rings (SSSR count). The zero-order chi connectivity index (χ0) is 18.7. The van der Waals surface area contributed by atoms with Gasteiger partial charge in [0, 0.05) is 21.7 Å². The second kappa shape index (κ2) is 7.23. The van der Waals surface area contributed by atoms with Crippen molar-refractivity contribution < 1.29 is 4.79 Å². The molecular weight excluding hydrogens is 346 g/mol. The van der Waals surface area contributed by atoms with Crippen molar-refractivity contribution in [2.45, 2.75) is 26.7 Å². The third kappa shape index (κ3) is 3.44. The Morgan fingerprint density at radius 1 is 1.19 bits per heavy atom. The molecule has 0 saturated heterocycles. The number of carbonyl (C=O) groups excluding carboxylic acids is 1. The Bertz CT molecular complexity index is 912. The smallest absolute Gasteiger partial charge is 0.308 e. The summed E-state index contributed by atoms with van der Waals surface area (Å²) in [5.41, 5.74) is 3.58. The summed E-state index contributed by atoms with van der Waals surface area (Å²) in [6.45, 7) is 4.14. The summed E-state index contributed by atoms with van der Waals surface area (Å²) in [5.74, 6) is 0. The van der Waals surface area contributed by atoms with Gasteiger partial charge in [-0.2, -0.15) is 5.26 Å². The number of carbonyl (C=O) groups is 1. The van der Waals surface area contributed by atoms with Gasteiger partial charge in [0.15, 0.2) is 0 Å². The summed E-state index contributed by atoms with van der Waals surface area (Å²) in [5, 5.41) is 16.1. The van der Waals surface area contributed by atoms with Gasteiger partial charge in [-0.15, -0.1) is 0 Å². The molecule has 0 radical (unpaired) electrons. The first kappa shape index (κ1) is 18.0. The summed E-state index contributed by atoms with van der Waals surface area (Å²) in [6, 6.07) is 16.7. The van der Waals surface area contributed by atoms with Crippen molar-refractivity contribution >= 4 is 29.0 Å². The van der Waals surface area contributed by atoms with Gasteiger partial charge in [0.25, 0.3) is 0 Å². The molecule has 132 valence electrons. The Labute approximate surface area is 158 Å². The Balaban J connectivity index is 1.95. The SMILES string of the molecule is CC[C@@]1(C)Cc2ccccc2C(NC(=O)Nc2ccc(Cl)cc2)=C1C#N. The molecule has 2 aromatic carbocycles. The number of anilines is 1. The van der Waals surface area contributed by atoms with Crippen LogP contribution in [-0.4, -0.2) is 6.03 Å². The number of hydrogen-bond acceptors (Lipinski definition) is 2. The highest BCUT2D eigenvalue weighted by molar-refractivity contribution is 6.30. The minimum Gasteiger partial charge on any atom is -0.308 e. The summed E-state index contributed by atoms with van der Waals surface area (Å²) in [7, 11) is 0. The summed E-state index contributed by atoms with van der Waals surface area (Å²) in [6.07, 6.45) is 1.60. The fraction of sp³-hybridized carbons (Fsp3) is 0.238. The lowest BCUT2D eigenvalue weighted by atomic mass is 9.69. The normalized spacial score (nSPS) is 18.7. The molecule has 0 fully saturated rings. The van der Waals surface area contributed by atoms with Crippen LogP contribution in [0.25, 0.3) is 5.70 Å². The molecule has 1 aliphatic carbocycles. The highest BCUT2D eigenvalue weighted by Gasteiger charge is 2.36. The number of nitrogens with one attached hydrogen (secondary N) is 2. The van der Waals surface area contributed by atoms with E-state index in [1.807, 2.05) is 18.2 Å². The predicted octanol–water partition coefficient (Wildman–Crippen LogP) is 5.37. The quantitative estimate of drug-likeness (QED) is 0.768. The second-order valence-electron chi connectivity index (χ2n) is 6.70. The maximum Gasteiger partial charge on any atom is 0.323 e. The lowest BCUT2D eigenvalue weighted by Gasteiger charge is -2.35. The Morgan fingerprint density at radius 3 is 2.54 bits per heavy atom. The average molecular weight is 366 g/mol. The van der Waals surface area contributed by atoms with Crippen molar-refractivity contribution in [1.82, 2.24) is 5.32 Å². The first-order valence-corrected chi connectivity index (χ1v) is 8.91. The standard InChI is InChI=1S/C21H20ClN3O/c1-3-21(2)12-14-6-4-5-7-17(14)19(18(21)13-23)25-20(26)24-16-10-8-15(22)9-11-16/h4-11H,3,12H2,1-2H3,(H2,24,25,26)/t21-/m0/s1. The summed E-state index contributed by atoms with van der Waals surface area (Å²) >= 11 is 5.87. The number of rotatable bonds is 3. The van der Waals surface area contributed by atoms with Crippen LogP contribution < -0.4 is 10.6 Å². The number of nitrogens with zero attached hydrogens (tertiary/aromatic N) is 1. The van der Waals surface area contributed by atoms with E-state index in [1.165, 1.54) is 0 Å². The highest BCUT2D eigenvalue weighted by Crippen LogP contribution is 2.43. The predicted molar refractivity (Wildman–Crippen MR) is 105 cm³/mol. The number of amides is 2. The second-order valence-corrected chi connectivity index (χ2v) is 7.13. The molecule has 0 aromatic heterocycles. The molecule has 0 unspecified atom stereocenters. The first-order chi connectivity index (χ1) is 12.5. The number of fused-ring (bicyclic) bond motifs is 1. The van der Waals surface area contributed by atoms with E-state index in [1.54, 1.807) is 24.3 Å². The molecular formula is C21H20ClN3O. The lowest BCUT2D eigenvalue weighted by Crippen LogP contribution is -2.35. The number of hydrogen-bond donors (Lipinski definition) is 2. The molecule has 26 heavy (non-hydrogen) atoms. The zero-order valence-electron chi connectivity index (χ0n) is 14.8. The van der Waals surface area contributed by atoms with Gasteiger partial charge >= 0.3 is 6.03 Å². The zero-order valence-corrected chi connectivity index (χ0v) is 15.5. The molecule has 4 nitrogen and oxygen atoms in total. The van der Waals surface area contributed by atoms with Crippen molar-refractivity contribution in [3.63, 3.8) is 0 Å². The third-order valence-electron chi connectivity index (χ3n) is 4.95. The molecule has 2 amide bonds. The van der Waals surface area contributed by atoms with Crippen LogP contribution in [0.3, 0.4) is 0 Å². The molecule has 2 N–H and O–H groups in total. The van der Waals surface area contributed by atoms with Crippen LogP contribution in [0.2, 0.25) is 5.02 Å². The van der Waals surface area contributed by atoms with Crippen molar-refractivity contribution in [2.75, 3.05) is 5.32 Å². The minimum atomic E-state index is -0.384. The number of nitriles is 1. The van der Waals surface area contributed by atoms with Crippen molar-refractivity contribution in [1.29, 1.82) is 5.26 Å². The molecule has 0 saturated carbocycles. The van der Waals surface area contributed by atoms with E-state index in [9.17, 15) is 10.1 Å². The van der Waals surface area contributed by atoms with Gasteiger partial charge < -0.3 is 10.6 Å². The average Bonchev–Trinajstić information content (AvgIpc) is 2.63. The number of urea groups is 1. The molecule has 1 atom stereocenters. The van der Waals surface area contributed by atoms with E-state index in [2.05, 4.69) is 36.6 Å². The molecule has 0 aliphatic heterocycles. The lowest BCUT2D eigenvalue weighted by molar-refractivity contribution is 0.255. The van der Waals surface area contributed by atoms with E-state index >= 15 is 0 Å². The molecule has 1 aliphatic rings. The van der Waals surface area contributed by atoms with Gasteiger partial charge in [-0.05, 0) is 42.7 Å². The van der Waals surface area contributed by atoms with Crippen LogP contribution in [0.15, 0.2) is 54.1 Å². The van der Waals surface area contributed by atoms with Crippen molar-refractivity contribution in [3.8, 4) is 6.07 Å². The topological polar surface area (TPSA) is 64.9 Å². The summed E-state index contributed by atoms with van der Waals surface area (Å²) in [4.78, 5) is 12.5. The van der Waals surface area contributed by atoms with Crippen LogP contribution in [0.4, 0.5) is 10.5 Å². The summed E-state index contributed by atoms with van der Waals surface area (Å²) < 4.78 is 0. The first-order valence-electron chi connectivity index (χ1n) is 8.53. The van der Waals surface area contributed by atoms with Gasteiger partial charge in [0.05, 0.1) is 17.3 Å². The molecule has 0 spiro atoms. The fourth-order valence-corrected chi connectivity index (χ4v) is 3.42. The molecule has 0 heterocycles. The molecule has 5 heteroatoms. The monoisotopic (exact) mass is 365 g/mol. The maximum absolute atomic E-state index is 12.5. The third-order valence-corrected chi connectivity index (χ3v) is 5.21. The Kier molecular flexibility index (Phi) is 5.01. The van der Waals surface area contributed by atoms with E-state index in [-0.39, 0.29) is 11.4 Å². The number of benzene rings is 2.